The summed E-state index contributed by atoms with van der Waals surface area (Å²) >= 11 is 0. The lowest BCUT2D eigenvalue weighted by atomic mass is 10.0. The molecule has 0 unspecified atom stereocenters. The number of hydrogen-bond acceptors (Lipinski definition) is 5. The van der Waals surface area contributed by atoms with Crippen molar-refractivity contribution in [3.8, 4) is 16.9 Å². The standard InChI is InChI=1S/C37H38F3N3O4/c38-37(39,40)36(46)47-33-18-16-28(17-19-33)20-23-43(34(44)15-5-10-27-8-2-1-3-9-27)26-29-11-4-12-30(24-29)31-13-6-14-32(25-31)35(45)42-22-7-21-41/h1-4,6,8-9,11-14,16-19,24-25H,5,7,10,15,20-23,26,41H2,(H,42,45). The summed E-state index contributed by atoms with van der Waals surface area (Å²) in [5.41, 5.74) is 10.7. The third-order valence-corrected chi connectivity index (χ3v) is 7.51. The second-order valence-corrected chi connectivity index (χ2v) is 11.1. The van der Waals surface area contributed by atoms with Crippen LogP contribution in [0.1, 0.15) is 46.3 Å². The molecule has 2 amide bonds. The van der Waals surface area contributed by atoms with Crippen LogP contribution in [-0.2, 0) is 29.0 Å². The average molecular weight is 646 g/mol. The van der Waals surface area contributed by atoms with Gasteiger partial charge in [0.15, 0.2) is 0 Å². The first-order valence-electron chi connectivity index (χ1n) is 15.5. The van der Waals surface area contributed by atoms with E-state index in [2.05, 4.69) is 10.1 Å². The lowest BCUT2D eigenvalue weighted by molar-refractivity contribution is -0.189. The van der Waals surface area contributed by atoms with E-state index in [1.165, 1.54) is 12.1 Å². The maximum Gasteiger partial charge on any atom is 0.491 e. The Hall–Kier alpha value is -4.96. The molecule has 0 spiro atoms. The number of carbonyl (C=O) groups excluding carboxylic acids is 3. The van der Waals surface area contributed by atoms with E-state index < -0.39 is 12.1 Å². The molecule has 3 N–H and O–H groups in total. The normalized spacial score (nSPS) is 11.1. The fourth-order valence-electron chi connectivity index (χ4n) is 5.01. The number of aryl methyl sites for hydroxylation is 1. The largest absolute Gasteiger partial charge is 0.491 e. The third kappa shape index (κ3) is 11.1. The Kier molecular flexibility index (Phi) is 12.7. The smallest absolute Gasteiger partial charge is 0.420 e. The van der Waals surface area contributed by atoms with Gasteiger partial charge in [0.25, 0.3) is 5.91 Å². The van der Waals surface area contributed by atoms with Crippen LogP contribution in [0, 0.1) is 0 Å². The van der Waals surface area contributed by atoms with Crippen LogP contribution in [0.5, 0.6) is 5.75 Å². The molecule has 4 aromatic rings. The van der Waals surface area contributed by atoms with Gasteiger partial charge in [-0.15, -0.1) is 0 Å². The van der Waals surface area contributed by atoms with Crippen molar-refractivity contribution in [3.63, 3.8) is 0 Å². The minimum absolute atomic E-state index is 0.0155. The molecule has 4 aromatic carbocycles. The van der Waals surface area contributed by atoms with E-state index in [0.717, 1.165) is 34.2 Å². The number of halogens is 3. The second-order valence-electron chi connectivity index (χ2n) is 11.1. The zero-order valence-electron chi connectivity index (χ0n) is 26.0. The summed E-state index contributed by atoms with van der Waals surface area (Å²) < 4.78 is 42.1. The molecule has 246 valence electrons. The predicted octanol–water partition coefficient (Wildman–Crippen LogP) is 6.49. The highest BCUT2D eigenvalue weighted by atomic mass is 19.4. The number of alkyl halides is 3. The van der Waals surface area contributed by atoms with E-state index in [9.17, 15) is 27.6 Å². The molecule has 0 bridgehead atoms. The first kappa shape index (κ1) is 34.9. The van der Waals surface area contributed by atoms with Gasteiger partial charge in [0, 0.05) is 31.6 Å². The molecule has 0 atom stereocenters. The molecule has 4 rings (SSSR count). The Morgan fingerprint density at radius 2 is 1.40 bits per heavy atom. The first-order chi connectivity index (χ1) is 22.6. The van der Waals surface area contributed by atoms with Gasteiger partial charge >= 0.3 is 12.1 Å². The average Bonchev–Trinajstić information content (AvgIpc) is 3.07. The van der Waals surface area contributed by atoms with E-state index in [4.69, 9.17) is 5.73 Å². The molecule has 7 nitrogen and oxygen atoms in total. The zero-order chi connectivity index (χ0) is 33.6. The summed E-state index contributed by atoms with van der Waals surface area (Å²) in [4.78, 5) is 39.1. The van der Waals surface area contributed by atoms with Crippen molar-refractivity contribution in [3.05, 3.63) is 125 Å². The predicted molar refractivity (Wildman–Crippen MR) is 175 cm³/mol. The van der Waals surface area contributed by atoms with Crippen molar-refractivity contribution in [2.24, 2.45) is 5.73 Å². The van der Waals surface area contributed by atoms with Crippen LogP contribution in [0.25, 0.3) is 11.1 Å². The van der Waals surface area contributed by atoms with E-state index in [1.54, 1.807) is 23.1 Å². The van der Waals surface area contributed by atoms with E-state index >= 15 is 0 Å². The molecular weight excluding hydrogens is 607 g/mol. The maximum absolute atomic E-state index is 13.5. The molecule has 10 heteroatoms. The van der Waals surface area contributed by atoms with Gasteiger partial charge in [-0.2, -0.15) is 13.2 Å². The van der Waals surface area contributed by atoms with Gasteiger partial charge in [-0.05, 0) is 90.4 Å². The number of nitrogens with two attached hydrogens (primary N) is 1. The van der Waals surface area contributed by atoms with Gasteiger partial charge in [-0.25, -0.2) is 4.79 Å². The fourth-order valence-corrected chi connectivity index (χ4v) is 5.01. The van der Waals surface area contributed by atoms with E-state index in [0.29, 0.717) is 57.4 Å². The van der Waals surface area contributed by atoms with Crippen molar-refractivity contribution in [2.45, 2.75) is 44.8 Å². The summed E-state index contributed by atoms with van der Waals surface area (Å²) in [5, 5.41) is 2.87. The molecule has 0 fully saturated rings. The van der Waals surface area contributed by atoms with Gasteiger partial charge in [-0.1, -0.05) is 72.8 Å². The second kappa shape index (κ2) is 17.1. The summed E-state index contributed by atoms with van der Waals surface area (Å²) in [6, 6.07) is 30.9. The lowest BCUT2D eigenvalue weighted by Gasteiger charge is -2.24. The molecule has 0 radical (unpaired) electrons. The molecule has 0 aliphatic carbocycles. The topological polar surface area (TPSA) is 102 Å². The van der Waals surface area contributed by atoms with Crippen molar-refractivity contribution in [1.82, 2.24) is 10.2 Å². The quantitative estimate of drug-likeness (QED) is 0.0874. The van der Waals surface area contributed by atoms with Crippen molar-refractivity contribution in [2.75, 3.05) is 19.6 Å². The number of benzene rings is 4. The number of hydrogen-bond donors (Lipinski definition) is 2. The Morgan fingerprint density at radius 1 is 0.745 bits per heavy atom. The zero-order valence-corrected chi connectivity index (χ0v) is 26.0. The van der Waals surface area contributed by atoms with E-state index in [-0.39, 0.29) is 17.6 Å². The minimum Gasteiger partial charge on any atom is -0.420 e. The molecular formula is C37H38F3N3O4. The van der Waals surface area contributed by atoms with Gasteiger partial charge in [0.2, 0.25) is 5.91 Å². The number of rotatable bonds is 15. The molecule has 0 aliphatic heterocycles. The monoisotopic (exact) mass is 645 g/mol. The van der Waals surface area contributed by atoms with Gasteiger partial charge in [-0.3, -0.25) is 9.59 Å². The van der Waals surface area contributed by atoms with Crippen LogP contribution in [0.15, 0.2) is 103 Å². The number of nitrogens with one attached hydrogen (secondary N) is 1. The fraction of sp³-hybridized carbons (Fsp3) is 0.270. The van der Waals surface area contributed by atoms with Crippen LogP contribution < -0.4 is 15.8 Å². The minimum atomic E-state index is -5.08. The molecule has 0 saturated carbocycles. The Labute approximate surface area is 272 Å². The van der Waals surface area contributed by atoms with Crippen molar-refractivity contribution in [1.29, 1.82) is 0 Å². The summed E-state index contributed by atoms with van der Waals surface area (Å²) in [7, 11) is 0. The molecule has 0 heterocycles. The van der Waals surface area contributed by atoms with Gasteiger partial charge in [0.1, 0.15) is 5.75 Å². The maximum atomic E-state index is 13.5. The van der Waals surface area contributed by atoms with Crippen LogP contribution in [0.4, 0.5) is 13.2 Å². The lowest BCUT2D eigenvalue weighted by Crippen LogP contribution is -2.32. The molecule has 0 aliphatic rings. The Bertz CT molecular complexity index is 1630. The third-order valence-electron chi connectivity index (χ3n) is 7.51. The molecule has 0 aromatic heterocycles. The SMILES string of the molecule is NCCCNC(=O)c1cccc(-c2cccc(CN(CCc3ccc(OC(=O)C(F)(F)F)cc3)C(=O)CCCc3ccccc3)c2)c1. The molecule has 0 saturated heterocycles. The number of nitrogens with zero attached hydrogens (tertiary/aromatic N) is 1. The highest BCUT2D eigenvalue weighted by molar-refractivity contribution is 5.95. The number of carbonyl (C=O) groups is 3. The number of amides is 2. The van der Waals surface area contributed by atoms with Crippen molar-refractivity contribution < 1.29 is 32.3 Å². The summed E-state index contributed by atoms with van der Waals surface area (Å²) in [5.74, 6) is -2.68. The highest BCUT2D eigenvalue weighted by Crippen LogP contribution is 2.24. The van der Waals surface area contributed by atoms with Crippen molar-refractivity contribution >= 4 is 17.8 Å². The summed E-state index contributed by atoms with van der Waals surface area (Å²) in [6.07, 6.45) is -2.15. The number of esters is 1. The highest BCUT2D eigenvalue weighted by Gasteiger charge is 2.41. The van der Waals surface area contributed by atoms with E-state index in [1.807, 2.05) is 72.8 Å². The summed E-state index contributed by atoms with van der Waals surface area (Å²) in [6.45, 7) is 1.71. The van der Waals surface area contributed by atoms with Gasteiger partial charge < -0.3 is 20.7 Å². The van der Waals surface area contributed by atoms with Crippen LogP contribution in [0.2, 0.25) is 0 Å². The van der Waals surface area contributed by atoms with Crippen LogP contribution in [0.3, 0.4) is 0 Å². The molecule has 47 heavy (non-hydrogen) atoms. The Morgan fingerprint density at radius 3 is 2.11 bits per heavy atom. The van der Waals surface area contributed by atoms with Crippen LogP contribution >= 0.6 is 0 Å². The number of ether oxygens (including phenoxy) is 1. The first-order valence-corrected chi connectivity index (χ1v) is 15.5. The van der Waals surface area contributed by atoms with Crippen LogP contribution in [-0.4, -0.2) is 48.5 Å². The Balaban J connectivity index is 1.46. The van der Waals surface area contributed by atoms with Gasteiger partial charge in [0.05, 0.1) is 0 Å².